The highest BCUT2D eigenvalue weighted by atomic mass is 16.2. The molecular formula is C17H19N5O2. The number of rotatable bonds is 4. The molecule has 0 radical (unpaired) electrons. The minimum atomic E-state index is -0.629. The van der Waals surface area contributed by atoms with Crippen LogP contribution in [0.4, 0.5) is 5.69 Å². The van der Waals surface area contributed by atoms with Crippen LogP contribution in [0.2, 0.25) is 0 Å². The molecule has 0 spiro atoms. The first-order valence-corrected chi connectivity index (χ1v) is 7.93. The highest BCUT2D eigenvalue weighted by molar-refractivity contribution is 5.46. The molecule has 7 heteroatoms. The fourth-order valence-corrected chi connectivity index (χ4v) is 2.87. The summed E-state index contributed by atoms with van der Waals surface area (Å²) in [4.78, 5) is 30.0. The highest BCUT2D eigenvalue weighted by Crippen LogP contribution is 2.15. The van der Waals surface area contributed by atoms with E-state index in [1.165, 1.54) is 16.5 Å². The summed E-state index contributed by atoms with van der Waals surface area (Å²) >= 11 is 0. The zero-order valence-electron chi connectivity index (χ0n) is 13.3. The fourth-order valence-electron chi connectivity index (χ4n) is 2.87. The van der Waals surface area contributed by atoms with Crippen LogP contribution < -0.4 is 16.1 Å². The lowest BCUT2D eigenvalue weighted by molar-refractivity contribution is 0.246. The van der Waals surface area contributed by atoms with Crippen molar-refractivity contribution in [3.63, 3.8) is 0 Å². The summed E-state index contributed by atoms with van der Waals surface area (Å²) in [5.41, 5.74) is 0.0910. The Morgan fingerprint density at radius 1 is 1.04 bits per heavy atom. The van der Waals surface area contributed by atoms with Crippen molar-refractivity contribution >= 4 is 5.69 Å². The third-order valence-electron chi connectivity index (χ3n) is 4.28. The molecule has 0 unspecified atom stereocenters. The molecule has 1 aliphatic heterocycles. The van der Waals surface area contributed by atoms with Crippen LogP contribution in [-0.2, 0) is 6.54 Å². The van der Waals surface area contributed by atoms with Crippen molar-refractivity contribution in [3.8, 4) is 6.07 Å². The molecule has 2 heterocycles. The zero-order valence-corrected chi connectivity index (χ0v) is 13.3. The van der Waals surface area contributed by atoms with Crippen molar-refractivity contribution in [1.29, 1.82) is 5.26 Å². The lowest BCUT2D eigenvalue weighted by Gasteiger charge is -2.36. The first-order chi connectivity index (χ1) is 11.7. The van der Waals surface area contributed by atoms with Crippen LogP contribution in [0.3, 0.4) is 0 Å². The summed E-state index contributed by atoms with van der Waals surface area (Å²) in [5.74, 6) is 0. The molecule has 1 aromatic carbocycles. The summed E-state index contributed by atoms with van der Waals surface area (Å²) < 4.78 is 1.39. The minimum absolute atomic E-state index is 0.0384. The maximum absolute atomic E-state index is 11.8. The Balaban J connectivity index is 1.57. The van der Waals surface area contributed by atoms with Crippen LogP contribution in [-0.4, -0.2) is 47.2 Å². The number of nitrogens with one attached hydrogen (secondary N) is 1. The molecule has 1 aromatic heterocycles. The molecule has 2 aromatic rings. The van der Waals surface area contributed by atoms with Crippen LogP contribution in [0.15, 0.2) is 46.1 Å². The van der Waals surface area contributed by atoms with E-state index in [2.05, 4.69) is 26.9 Å². The van der Waals surface area contributed by atoms with Crippen molar-refractivity contribution in [1.82, 2.24) is 14.5 Å². The van der Waals surface area contributed by atoms with Gasteiger partial charge in [0.1, 0.15) is 11.6 Å². The van der Waals surface area contributed by atoms with E-state index in [0.29, 0.717) is 13.1 Å². The minimum Gasteiger partial charge on any atom is -0.369 e. The van der Waals surface area contributed by atoms with E-state index in [1.54, 1.807) is 6.07 Å². The number of hydrogen-bond donors (Lipinski definition) is 1. The Kier molecular flexibility index (Phi) is 4.77. The molecule has 7 nitrogen and oxygen atoms in total. The van der Waals surface area contributed by atoms with Gasteiger partial charge in [-0.2, -0.15) is 5.26 Å². The number of H-pyrrole nitrogens is 1. The Bertz CT molecular complexity index is 842. The van der Waals surface area contributed by atoms with Gasteiger partial charge in [-0.15, -0.1) is 0 Å². The van der Waals surface area contributed by atoms with Gasteiger partial charge in [0.2, 0.25) is 0 Å². The molecule has 1 fully saturated rings. The maximum atomic E-state index is 11.8. The quantitative estimate of drug-likeness (QED) is 0.870. The molecular weight excluding hydrogens is 306 g/mol. The Morgan fingerprint density at radius 2 is 1.75 bits per heavy atom. The summed E-state index contributed by atoms with van der Waals surface area (Å²) in [6.07, 6.45) is 1.33. The third kappa shape index (κ3) is 3.55. The monoisotopic (exact) mass is 325 g/mol. The molecule has 124 valence electrons. The molecule has 0 amide bonds. The van der Waals surface area contributed by atoms with Gasteiger partial charge >= 0.3 is 5.69 Å². The number of benzene rings is 1. The molecule has 0 atom stereocenters. The standard InChI is InChI=1S/C17H19N5O2/c18-12-14-13-22(17(24)19-16(14)23)11-8-20-6-9-21(10-7-20)15-4-2-1-3-5-15/h1-5,13H,6-11H2,(H,19,23,24). The second-order valence-corrected chi connectivity index (χ2v) is 5.77. The molecule has 0 saturated carbocycles. The Morgan fingerprint density at radius 3 is 2.42 bits per heavy atom. The van der Waals surface area contributed by atoms with Crippen molar-refractivity contribution in [2.45, 2.75) is 6.54 Å². The molecule has 3 rings (SSSR count). The maximum Gasteiger partial charge on any atom is 0.328 e. The summed E-state index contributed by atoms with van der Waals surface area (Å²) in [7, 11) is 0. The smallest absolute Gasteiger partial charge is 0.328 e. The lowest BCUT2D eigenvalue weighted by Crippen LogP contribution is -2.47. The predicted octanol–water partition coefficient (Wildman–Crippen LogP) is 0.230. The van der Waals surface area contributed by atoms with E-state index in [-0.39, 0.29) is 5.56 Å². The van der Waals surface area contributed by atoms with E-state index in [9.17, 15) is 9.59 Å². The largest absolute Gasteiger partial charge is 0.369 e. The van der Waals surface area contributed by atoms with Crippen molar-refractivity contribution in [2.24, 2.45) is 0 Å². The van der Waals surface area contributed by atoms with Crippen LogP contribution in [0.25, 0.3) is 0 Å². The number of piperazine rings is 1. The van der Waals surface area contributed by atoms with Gasteiger partial charge < -0.3 is 4.90 Å². The second-order valence-electron chi connectivity index (χ2n) is 5.77. The number of para-hydroxylation sites is 1. The van der Waals surface area contributed by atoms with E-state index in [4.69, 9.17) is 5.26 Å². The van der Waals surface area contributed by atoms with Crippen LogP contribution in [0.5, 0.6) is 0 Å². The number of nitrogens with zero attached hydrogens (tertiary/aromatic N) is 4. The molecule has 0 aliphatic carbocycles. The zero-order chi connectivity index (χ0) is 16.9. The lowest BCUT2D eigenvalue weighted by atomic mass is 10.2. The fraction of sp³-hybridized carbons (Fsp3) is 0.353. The summed E-state index contributed by atoms with van der Waals surface area (Å²) in [6.45, 7) is 4.87. The number of aromatic nitrogens is 2. The topological polar surface area (TPSA) is 85.1 Å². The van der Waals surface area contributed by atoms with Gasteiger partial charge in [0, 0.05) is 51.2 Å². The van der Waals surface area contributed by atoms with Crippen LogP contribution in [0.1, 0.15) is 5.56 Å². The van der Waals surface area contributed by atoms with Gasteiger partial charge in [0.15, 0.2) is 0 Å². The first kappa shape index (κ1) is 16.0. The SMILES string of the molecule is N#Cc1cn(CCN2CCN(c3ccccc3)CC2)c(=O)[nH]c1=O. The van der Waals surface area contributed by atoms with E-state index in [1.807, 2.05) is 18.2 Å². The first-order valence-electron chi connectivity index (χ1n) is 7.93. The Labute approximate surface area is 139 Å². The van der Waals surface area contributed by atoms with Gasteiger partial charge in [-0.3, -0.25) is 19.2 Å². The number of aromatic amines is 1. The molecule has 24 heavy (non-hydrogen) atoms. The number of nitriles is 1. The van der Waals surface area contributed by atoms with E-state index >= 15 is 0 Å². The molecule has 1 N–H and O–H groups in total. The van der Waals surface area contributed by atoms with Crippen molar-refractivity contribution in [3.05, 3.63) is 62.9 Å². The average Bonchev–Trinajstić information content (AvgIpc) is 2.62. The molecule has 1 aliphatic rings. The summed E-state index contributed by atoms with van der Waals surface area (Å²) in [6, 6.07) is 12.1. The predicted molar refractivity (Wildman–Crippen MR) is 91.1 cm³/mol. The molecule has 0 bridgehead atoms. The molecule has 1 saturated heterocycles. The van der Waals surface area contributed by atoms with Crippen molar-refractivity contribution in [2.75, 3.05) is 37.6 Å². The van der Waals surface area contributed by atoms with Gasteiger partial charge in [0.05, 0.1) is 0 Å². The number of anilines is 1. The number of hydrogen-bond acceptors (Lipinski definition) is 5. The van der Waals surface area contributed by atoms with E-state index in [0.717, 1.165) is 26.2 Å². The van der Waals surface area contributed by atoms with Crippen LogP contribution >= 0.6 is 0 Å². The average molecular weight is 325 g/mol. The van der Waals surface area contributed by atoms with Gasteiger partial charge in [0.25, 0.3) is 5.56 Å². The second kappa shape index (κ2) is 7.15. The van der Waals surface area contributed by atoms with Gasteiger partial charge in [-0.25, -0.2) is 4.79 Å². The normalized spacial score (nSPS) is 15.2. The van der Waals surface area contributed by atoms with Crippen molar-refractivity contribution < 1.29 is 0 Å². The van der Waals surface area contributed by atoms with Gasteiger partial charge in [-0.05, 0) is 12.1 Å². The Hall–Kier alpha value is -2.85. The third-order valence-corrected chi connectivity index (χ3v) is 4.28. The highest BCUT2D eigenvalue weighted by Gasteiger charge is 2.17. The summed E-state index contributed by atoms with van der Waals surface area (Å²) in [5, 5.41) is 8.89. The van der Waals surface area contributed by atoms with Crippen LogP contribution in [0, 0.1) is 11.3 Å². The van der Waals surface area contributed by atoms with E-state index < -0.39 is 11.2 Å². The van der Waals surface area contributed by atoms with Gasteiger partial charge in [-0.1, -0.05) is 18.2 Å².